The van der Waals surface area contributed by atoms with E-state index < -0.39 is 5.60 Å². The molecule has 2 rings (SSSR count). The molecule has 1 nitrogen and oxygen atoms in total. The van der Waals surface area contributed by atoms with Crippen LogP contribution in [0, 0.1) is 0 Å². The van der Waals surface area contributed by atoms with E-state index in [9.17, 15) is 5.11 Å². The Kier molecular flexibility index (Phi) is 3.66. The molecule has 0 spiro atoms. The molecule has 0 aliphatic carbocycles. The monoisotopic (exact) mass is 262 g/mol. The van der Waals surface area contributed by atoms with Crippen LogP contribution in [-0.4, -0.2) is 21.7 Å². The van der Waals surface area contributed by atoms with Gasteiger partial charge in [0, 0.05) is 16.5 Å². The van der Waals surface area contributed by atoms with E-state index in [2.05, 4.69) is 6.92 Å². The minimum atomic E-state index is -0.531. The molecule has 0 aromatic carbocycles. The zero-order valence-corrected chi connectivity index (χ0v) is 11.1. The molecule has 1 aromatic rings. The average molecular weight is 263 g/mol. The highest BCUT2D eigenvalue weighted by Crippen LogP contribution is 2.37. The Labute approximate surface area is 104 Å². The number of thioether (sulfide) groups is 1. The van der Waals surface area contributed by atoms with E-state index in [-0.39, 0.29) is 0 Å². The van der Waals surface area contributed by atoms with Gasteiger partial charge in [-0.3, -0.25) is 0 Å². The van der Waals surface area contributed by atoms with E-state index in [0.717, 1.165) is 23.6 Å². The van der Waals surface area contributed by atoms with Crippen molar-refractivity contribution in [3.8, 4) is 0 Å². The van der Waals surface area contributed by atoms with Crippen LogP contribution < -0.4 is 0 Å². The summed E-state index contributed by atoms with van der Waals surface area (Å²) < 4.78 is 0.810. The van der Waals surface area contributed by atoms with Gasteiger partial charge in [-0.15, -0.1) is 11.3 Å². The number of halogens is 1. The largest absolute Gasteiger partial charge is 0.388 e. The quantitative estimate of drug-likeness (QED) is 0.879. The van der Waals surface area contributed by atoms with Crippen molar-refractivity contribution in [2.24, 2.45) is 0 Å². The van der Waals surface area contributed by atoms with Crippen LogP contribution in [0.2, 0.25) is 4.34 Å². The fraction of sp³-hybridized carbons (Fsp3) is 0.636. The molecule has 1 aliphatic rings. The third-order valence-electron chi connectivity index (χ3n) is 2.99. The summed E-state index contributed by atoms with van der Waals surface area (Å²) in [5.74, 6) is 1.18. The first-order valence-corrected chi connectivity index (χ1v) is 7.43. The summed E-state index contributed by atoms with van der Waals surface area (Å²) in [6, 6.07) is 3.93. The minimum absolute atomic E-state index is 0.326. The van der Waals surface area contributed by atoms with Crippen LogP contribution in [0.4, 0.5) is 0 Å². The van der Waals surface area contributed by atoms with Gasteiger partial charge in [0.2, 0.25) is 0 Å². The van der Waals surface area contributed by atoms with Crippen molar-refractivity contribution in [2.45, 2.75) is 37.0 Å². The number of hydrogen-bond donors (Lipinski definition) is 1. The van der Waals surface area contributed by atoms with Crippen molar-refractivity contribution >= 4 is 34.7 Å². The minimum Gasteiger partial charge on any atom is -0.388 e. The normalized spacial score (nSPS) is 31.8. The Balaban J connectivity index is 2.08. The highest BCUT2D eigenvalue weighted by Gasteiger charge is 2.36. The van der Waals surface area contributed by atoms with Crippen LogP contribution in [0.3, 0.4) is 0 Å². The number of hydrogen-bond acceptors (Lipinski definition) is 3. The molecule has 0 amide bonds. The lowest BCUT2D eigenvalue weighted by atomic mass is 9.89. The summed E-state index contributed by atoms with van der Waals surface area (Å²) in [6.45, 7) is 2.12. The van der Waals surface area contributed by atoms with E-state index in [1.165, 1.54) is 10.6 Å². The Morgan fingerprint density at radius 3 is 3.00 bits per heavy atom. The van der Waals surface area contributed by atoms with E-state index in [4.69, 9.17) is 11.6 Å². The first kappa shape index (κ1) is 11.8. The third kappa shape index (κ3) is 2.70. The molecule has 2 heterocycles. The Morgan fingerprint density at radius 1 is 1.60 bits per heavy atom. The van der Waals surface area contributed by atoms with Crippen LogP contribution in [0.5, 0.6) is 0 Å². The van der Waals surface area contributed by atoms with Crippen molar-refractivity contribution < 1.29 is 5.11 Å². The number of rotatable bonds is 2. The van der Waals surface area contributed by atoms with Crippen LogP contribution in [0.25, 0.3) is 0 Å². The molecule has 1 aliphatic heterocycles. The number of thiophene rings is 1. The molecule has 1 aromatic heterocycles. The zero-order chi connectivity index (χ0) is 10.9. The summed E-state index contributed by atoms with van der Waals surface area (Å²) in [7, 11) is 0. The first-order valence-electron chi connectivity index (χ1n) is 5.18. The second-order valence-electron chi connectivity index (χ2n) is 4.10. The zero-order valence-electron chi connectivity index (χ0n) is 8.70. The molecular weight excluding hydrogens is 248 g/mol. The molecule has 1 saturated heterocycles. The molecule has 84 valence electrons. The lowest BCUT2D eigenvalue weighted by molar-refractivity contribution is 0.0305. The molecule has 1 N–H and O–H groups in total. The second-order valence-corrected chi connectivity index (χ2v) is 7.35. The molecule has 4 heteroatoms. The van der Waals surface area contributed by atoms with Gasteiger partial charge in [0.05, 0.1) is 9.94 Å². The predicted molar refractivity (Wildman–Crippen MR) is 69.1 cm³/mol. The SMILES string of the molecule is CC1SCCCC1(O)Cc1ccc(Cl)s1. The van der Waals surface area contributed by atoms with Crippen molar-refractivity contribution in [3.63, 3.8) is 0 Å². The Bertz CT molecular complexity index is 339. The van der Waals surface area contributed by atoms with E-state index in [1.54, 1.807) is 11.3 Å². The van der Waals surface area contributed by atoms with Gasteiger partial charge >= 0.3 is 0 Å². The highest BCUT2D eigenvalue weighted by atomic mass is 35.5. The first-order chi connectivity index (χ1) is 7.10. The van der Waals surface area contributed by atoms with Crippen LogP contribution in [0.1, 0.15) is 24.6 Å². The van der Waals surface area contributed by atoms with Gasteiger partial charge in [0.15, 0.2) is 0 Å². The fourth-order valence-corrected chi connectivity index (χ4v) is 4.36. The standard InChI is InChI=1S/C11H15ClOS2/c1-8-11(13,5-2-6-14-8)7-9-3-4-10(12)15-9/h3-4,8,13H,2,5-7H2,1H3. The molecule has 0 radical (unpaired) electrons. The predicted octanol–water partition coefficient (Wildman–Crippen LogP) is 3.59. The summed E-state index contributed by atoms with van der Waals surface area (Å²) in [5, 5.41) is 10.9. The van der Waals surface area contributed by atoms with Gasteiger partial charge in [-0.1, -0.05) is 18.5 Å². The molecule has 15 heavy (non-hydrogen) atoms. The highest BCUT2D eigenvalue weighted by molar-refractivity contribution is 8.00. The van der Waals surface area contributed by atoms with Crippen LogP contribution in [0.15, 0.2) is 12.1 Å². The average Bonchev–Trinajstić information content (AvgIpc) is 2.57. The maximum Gasteiger partial charge on any atom is 0.0931 e. The summed E-state index contributed by atoms with van der Waals surface area (Å²) >= 11 is 9.34. The Hall–Kier alpha value is 0.300. The van der Waals surface area contributed by atoms with Crippen molar-refractivity contribution in [3.05, 3.63) is 21.3 Å². The van der Waals surface area contributed by atoms with E-state index in [0.29, 0.717) is 5.25 Å². The molecule has 0 bridgehead atoms. The molecule has 1 fully saturated rings. The topological polar surface area (TPSA) is 20.2 Å². The van der Waals surface area contributed by atoms with Crippen LogP contribution >= 0.6 is 34.7 Å². The van der Waals surface area contributed by atoms with Gasteiger partial charge in [-0.05, 0) is 30.7 Å². The van der Waals surface area contributed by atoms with Crippen molar-refractivity contribution in [1.29, 1.82) is 0 Å². The summed E-state index contributed by atoms with van der Waals surface area (Å²) in [6.07, 6.45) is 2.78. The smallest absolute Gasteiger partial charge is 0.0931 e. The van der Waals surface area contributed by atoms with Crippen molar-refractivity contribution in [2.75, 3.05) is 5.75 Å². The maximum atomic E-state index is 10.5. The molecule has 0 saturated carbocycles. The lowest BCUT2D eigenvalue weighted by Gasteiger charge is -2.37. The molecular formula is C11H15ClOS2. The molecule has 2 atom stereocenters. The lowest BCUT2D eigenvalue weighted by Crippen LogP contribution is -2.43. The van der Waals surface area contributed by atoms with Gasteiger partial charge in [0.25, 0.3) is 0 Å². The summed E-state index contributed by atoms with van der Waals surface area (Å²) in [4.78, 5) is 1.19. The van der Waals surface area contributed by atoms with Gasteiger partial charge in [-0.25, -0.2) is 0 Å². The third-order valence-corrected chi connectivity index (χ3v) is 5.68. The number of aliphatic hydroxyl groups is 1. The van der Waals surface area contributed by atoms with Gasteiger partial charge < -0.3 is 5.11 Å². The van der Waals surface area contributed by atoms with Crippen molar-refractivity contribution in [1.82, 2.24) is 0 Å². The molecule has 2 unspecified atom stereocenters. The van der Waals surface area contributed by atoms with Crippen LogP contribution in [-0.2, 0) is 6.42 Å². The van der Waals surface area contributed by atoms with Gasteiger partial charge in [0.1, 0.15) is 0 Å². The maximum absolute atomic E-state index is 10.5. The fourth-order valence-electron chi connectivity index (χ4n) is 1.98. The second kappa shape index (κ2) is 4.66. The van der Waals surface area contributed by atoms with E-state index in [1.807, 2.05) is 23.9 Å². The Morgan fingerprint density at radius 2 is 2.40 bits per heavy atom. The van der Waals surface area contributed by atoms with E-state index >= 15 is 0 Å². The van der Waals surface area contributed by atoms with Gasteiger partial charge in [-0.2, -0.15) is 11.8 Å². The summed E-state index contributed by atoms with van der Waals surface area (Å²) in [5.41, 5.74) is -0.531.